The van der Waals surface area contributed by atoms with Gasteiger partial charge in [0.25, 0.3) is 0 Å². The van der Waals surface area contributed by atoms with Crippen LogP contribution in [0.2, 0.25) is 0 Å². The van der Waals surface area contributed by atoms with Crippen molar-refractivity contribution in [3.63, 3.8) is 0 Å². The first-order valence-corrected chi connectivity index (χ1v) is 6.69. The van der Waals surface area contributed by atoms with E-state index >= 15 is 0 Å². The Bertz CT molecular complexity index is 547. The van der Waals surface area contributed by atoms with Crippen LogP contribution in [0.15, 0.2) is 18.2 Å². The van der Waals surface area contributed by atoms with Gasteiger partial charge in [-0.3, -0.25) is 14.5 Å². The third-order valence-corrected chi connectivity index (χ3v) is 3.40. The Morgan fingerprint density at radius 2 is 2.19 bits per heavy atom. The molecular weight excluding hydrogens is 272 g/mol. The van der Waals surface area contributed by atoms with E-state index in [1.54, 1.807) is 30.1 Å². The summed E-state index contributed by atoms with van der Waals surface area (Å²) in [4.78, 5) is 27.2. The molecule has 0 aromatic heterocycles. The third-order valence-electron chi connectivity index (χ3n) is 3.40. The van der Waals surface area contributed by atoms with E-state index in [0.717, 1.165) is 0 Å². The molecule has 0 aliphatic carbocycles. The summed E-state index contributed by atoms with van der Waals surface area (Å²) in [6.07, 6.45) is 0. The summed E-state index contributed by atoms with van der Waals surface area (Å²) in [5, 5.41) is 2.77. The smallest absolute Gasteiger partial charge is 0.238 e. The predicted octanol–water partition coefficient (Wildman–Crippen LogP) is -0.0101. The monoisotopic (exact) mass is 292 g/mol. The second-order valence-corrected chi connectivity index (χ2v) is 5.03. The van der Waals surface area contributed by atoms with E-state index in [1.165, 1.54) is 7.11 Å². The van der Waals surface area contributed by atoms with Crippen LogP contribution < -0.4 is 15.8 Å². The van der Waals surface area contributed by atoms with Crippen LogP contribution in [0.5, 0.6) is 5.75 Å². The molecule has 1 fully saturated rings. The molecule has 0 spiro atoms. The average molecular weight is 292 g/mol. The van der Waals surface area contributed by atoms with E-state index in [2.05, 4.69) is 5.32 Å². The maximum absolute atomic E-state index is 12.1. The molecule has 0 saturated carbocycles. The van der Waals surface area contributed by atoms with Gasteiger partial charge >= 0.3 is 0 Å². The number of methoxy groups -OCH3 is 1. The zero-order chi connectivity index (χ0) is 15.4. The highest BCUT2D eigenvalue weighted by atomic mass is 16.5. The summed E-state index contributed by atoms with van der Waals surface area (Å²) < 4.78 is 5.18. The topological polar surface area (TPSA) is 87.9 Å². The van der Waals surface area contributed by atoms with Gasteiger partial charge in [0, 0.05) is 25.8 Å². The molecule has 0 bridgehead atoms. The third kappa shape index (κ3) is 3.85. The number of amides is 2. The zero-order valence-electron chi connectivity index (χ0n) is 12.3. The quantitative estimate of drug-likeness (QED) is 0.762. The van der Waals surface area contributed by atoms with Gasteiger partial charge in [0.2, 0.25) is 11.8 Å². The maximum Gasteiger partial charge on any atom is 0.238 e. The molecule has 1 aromatic rings. The number of nitrogens with one attached hydrogen (secondary N) is 1. The molecule has 3 N–H and O–H groups in total. The molecule has 1 aliphatic heterocycles. The Labute approximate surface area is 123 Å². The van der Waals surface area contributed by atoms with E-state index in [4.69, 9.17) is 10.5 Å². The van der Waals surface area contributed by atoms with Gasteiger partial charge in [-0.25, -0.2) is 0 Å². The van der Waals surface area contributed by atoms with Crippen LogP contribution in [0.25, 0.3) is 0 Å². The Morgan fingerprint density at radius 1 is 1.43 bits per heavy atom. The van der Waals surface area contributed by atoms with Crippen LogP contribution in [0.4, 0.5) is 11.4 Å². The molecule has 0 unspecified atom stereocenters. The van der Waals surface area contributed by atoms with Crippen molar-refractivity contribution in [1.29, 1.82) is 0 Å². The minimum atomic E-state index is -0.198. The lowest BCUT2D eigenvalue weighted by Crippen LogP contribution is -2.50. The second-order valence-electron chi connectivity index (χ2n) is 5.03. The minimum Gasteiger partial charge on any atom is -0.495 e. The number of carbonyl (C=O) groups is 2. The van der Waals surface area contributed by atoms with Gasteiger partial charge in [0.1, 0.15) is 5.75 Å². The number of ether oxygens (including phenoxy) is 1. The first-order valence-electron chi connectivity index (χ1n) is 6.69. The number of nitrogens with two attached hydrogens (primary N) is 1. The van der Waals surface area contributed by atoms with Crippen molar-refractivity contribution < 1.29 is 14.3 Å². The van der Waals surface area contributed by atoms with Crippen LogP contribution >= 0.6 is 0 Å². The van der Waals surface area contributed by atoms with Gasteiger partial charge in [-0.15, -0.1) is 0 Å². The van der Waals surface area contributed by atoms with Crippen molar-refractivity contribution >= 4 is 23.2 Å². The van der Waals surface area contributed by atoms with Crippen LogP contribution in [-0.4, -0.2) is 62.0 Å². The standard InChI is InChI=1S/C14H20N4O3/c1-17-5-6-18(9-14(17)20)8-13(19)16-11-7-10(15)3-4-12(11)21-2/h3-4,7H,5-6,8-9,15H2,1-2H3,(H,16,19). The second kappa shape index (κ2) is 6.45. The fourth-order valence-electron chi connectivity index (χ4n) is 2.16. The van der Waals surface area contributed by atoms with Crippen molar-refractivity contribution in [2.24, 2.45) is 0 Å². The van der Waals surface area contributed by atoms with Crippen LogP contribution in [0.1, 0.15) is 0 Å². The number of rotatable bonds is 4. The Kier molecular flexibility index (Phi) is 4.64. The lowest BCUT2D eigenvalue weighted by molar-refractivity contribution is -0.135. The van der Waals surface area contributed by atoms with E-state index in [0.29, 0.717) is 30.2 Å². The van der Waals surface area contributed by atoms with Gasteiger partial charge in [0.15, 0.2) is 0 Å². The molecule has 0 atom stereocenters. The maximum atomic E-state index is 12.1. The van der Waals surface area contributed by atoms with E-state index in [1.807, 2.05) is 4.90 Å². The van der Waals surface area contributed by atoms with Gasteiger partial charge in [-0.1, -0.05) is 0 Å². The SMILES string of the molecule is COc1ccc(N)cc1NC(=O)CN1CCN(C)C(=O)C1. The molecule has 0 radical (unpaired) electrons. The summed E-state index contributed by atoms with van der Waals surface area (Å²) in [7, 11) is 3.29. The highest BCUT2D eigenvalue weighted by Crippen LogP contribution is 2.26. The molecule has 21 heavy (non-hydrogen) atoms. The number of benzene rings is 1. The van der Waals surface area contributed by atoms with Crippen LogP contribution in [0.3, 0.4) is 0 Å². The van der Waals surface area contributed by atoms with Gasteiger partial charge in [-0.2, -0.15) is 0 Å². The minimum absolute atomic E-state index is 0.0237. The molecule has 7 nitrogen and oxygen atoms in total. The molecule has 1 aromatic carbocycles. The van der Waals surface area contributed by atoms with Crippen molar-refractivity contribution in [2.45, 2.75) is 0 Å². The van der Waals surface area contributed by atoms with Crippen molar-refractivity contribution in [3.05, 3.63) is 18.2 Å². The first-order chi connectivity index (χ1) is 9.99. The number of hydrogen-bond acceptors (Lipinski definition) is 5. The van der Waals surface area contributed by atoms with E-state index in [-0.39, 0.29) is 24.9 Å². The Balaban J connectivity index is 1.96. The van der Waals surface area contributed by atoms with Gasteiger partial charge < -0.3 is 20.7 Å². The largest absolute Gasteiger partial charge is 0.495 e. The number of likely N-dealkylation sites (N-methyl/N-ethyl adjacent to an activating group) is 1. The summed E-state index contributed by atoms with van der Waals surface area (Å²) >= 11 is 0. The molecule has 1 saturated heterocycles. The summed E-state index contributed by atoms with van der Waals surface area (Å²) in [5.74, 6) is 0.374. The molecule has 2 rings (SSSR count). The summed E-state index contributed by atoms with van der Waals surface area (Å²) in [6.45, 7) is 1.74. The number of nitrogens with zero attached hydrogens (tertiary/aromatic N) is 2. The average Bonchev–Trinajstić information content (AvgIpc) is 2.43. The number of nitrogen functional groups attached to an aromatic ring is 1. The lowest BCUT2D eigenvalue weighted by Gasteiger charge is -2.31. The molecular formula is C14H20N4O3. The van der Waals surface area contributed by atoms with Gasteiger partial charge in [-0.05, 0) is 18.2 Å². The molecule has 1 aliphatic rings. The van der Waals surface area contributed by atoms with Crippen molar-refractivity contribution in [1.82, 2.24) is 9.80 Å². The normalized spacial score (nSPS) is 15.9. The number of hydrogen-bond donors (Lipinski definition) is 2. The molecule has 1 heterocycles. The summed E-state index contributed by atoms with van der Waals surface area (Å²) in [5.41, 5.74) is 6.78. The molecule has 2 amide bonds. The number of carbonyl (C=O) groups excluding carboxylic acids is 2. The zero-order valence-corrected chi connectivity index (χ0v) is 12.3. The number of piperazine rings is 1. The van der Waals surface area contributed by atoms with Crippen LogP contribution in [0, 0.1) is 0 Å². The van der Waals surface area contributed by atoms with E-state index in [9.17, 15) is 9.59 Å². The predicted molar refractivity (Wildman–Crippen MR) is 80.1 cm³/mol. The Hall–Kier alpha value is -2.28. The van der Waals surface area contributed by atoms with Crippen LogP contribution in [-0.2, 0) is 9.59 Å². The highest BCUT2D eigenvalue weighted by Gasteiger charge is 2.22. The molecule has 114 valence electrons. The van der Waals surface area contributed by atoms with Crippen molar-refractivity contribution in [2.75, 3.05) is 51.4 Å². The Morgan fingerprint density at radius 3 is 2.86 bits per heavy atom. The fourth-order valence-corrected chi connectivity index (χ4v) is 2.16. The van der Waals surface area contributed by atoms with E-state index < -0.39 is 0 Å². The van der Waals surface area contributed by atoms with Crippen molar-refractivity contribution in [3.8, 4) is 5.75 Å². The summed E-state index contributed by atoms with van der Waals surface area (Å²) in [6, 6.07) is 5.05. The fraction of sp³-hybridized carbons (Fsp3) is 0.429. The van der Waals surface area contributed by atoms with Gasteiger partial charge in [0.05, 0.1) is 25.9 Å². The highest BCUT2D eigenvalue weighted by molar-refractivity contribution is 5.94. The number of anilines is 2. The first kappa shape index (κ1) is 15.1. The lowest BCUT2D eigenvalue weighted by atomic mass is 10.2. The molecule has 7 heteroatoms.